The Bertz CT molecular complexity index is 1300. The van der Waals surface area contributed by atoms with Crippen LogP contribution in [0.5, 0.6) is 0 Å². The molecule has 214 valence electrons. The zero-order valence-corrected chi connectivity index (χ0v) is 22.4. The second-order valence-corrected chi connectivity index (χ2v) is 10.4. The highest BCUT2D eigenvalue weighted by atomic mass is 19.3. The van der Waals surface area contributed by atoms with Crippen LogP contribution in [0.2, 0.25) is 0 Å². The van der Waals surface area contributed by atoms with E-state index in [-0.39, 0.29) is 29.8 Å². The lowest BCUT2D eigenvalue weighted by Gasteiger charge is -2.37. The number of aryl methyl sites for hydroxylation is 1. The maximum absolute atomic E-state index is 13.1. The van der Waals surface area contributed by atoms with Gasteiger partial charge in [-0.1, -0.05) is 0 Å². The van der Waals surface area contributed by atoms with Crippen molar-refractivity contribution in [2.24, 2.45) is 11.8 Å². The van der Waals surface area contributed by atoms with Gasteiger partial charge in [-0.2, -0.15) is 0 Å². The van der Waals surface area contributed by atoms with E-state index in [0.717, 1.165) is 11.1 Å². The summed E-state index contributed by atoms with van der Waals surface area (Å²) in [5.41, 5.74) is 1.40. The topological polar surface area (TPSA) is 138 Å². The summed E-state index contributed by atoms with van der Waals surface area (Å²) >= 11 is 0. The molecule has 1 saturated carbocycles. The third kappa shape index (κ3) is 7.15. The normalized spacial score (nSPS) is 19.6. The fraction of sp³-hybridized carbons (Fsp3) is 0.448. The molecule has 4 rings (SSSR count). The van der Waals surface area contributed by atoms with Crippen LogP contribution >= 0.6 is 0 Å². The molecule has 3 aromatic rings. The summed E-state index contributed by atoms with van der Waals surface area (Å²) in [5.74, 6) is -0.104. The van der Waals surface area contributed by atoms with Crippen LogP contribution in [0.15, 0.2) is 48.8 Å². The molecular weight excluding hydrogens is 522 g/mol. The fourth-order valence-corrected chi connectivity index (χ4v) is 4.96. The number of carbonyl (C=O) groups is 1. The number of aromatic nitrogens is 3. The SMILES string of the molecule is Cc1cc(Nc2cc(C(F)F)ccn2)nc(-c2ccc([C@](C)(O)[C@H]3CC[C@H](C(=O)OC[C@@H](O)CO)CC3)nc2)c1. The Hall–Kier alpha value is -3.54. The van der Waals surface area contributed by atoms with Gasteiger partial charge in [-0.15, -0.1) is 0 Å². The molecule has 11 heteroatoms. The Morgan fingerprint density at radius 1 is 1.12 bits per heavy atom. The van der Waals surface area contributed by atoms with Crippen molar-refractivity contribution in [3.63, 3.8) is 0 Å². The van der Waals surface area contributed by atoms with Crippen LogP contribution in [0.3, 0.4) is 0 Å². The lowest BCUT2D eigenvalue weighted by Crippen LogP contribution is -2.37. The number of alkyl halides is 2. The molecule has 40 heavy (non-hydrogen) atoms. The lowest BCUT2D eigenvalue weighted by molar-refractivity contribution is -0.154. The highest BCUT2D eigenvalue weighted by Gasteiger charge is 2.39. The first-order valence-corrected chi connectivity index (χ1v) is 13.2. The van der Waals surface area contributed by atoms with E-state index in [9.17, 15) is 23.8 Å². The van der Waals surface area contributed by atoms with Crippen molar-refractivity contribution >= 4 is 17.6 Å². The summed E-state index contributed by atoms with van der Waals surface area (Å²) in [6.07, 6.45) is 1.57. The Morgan fingerprint density at radius 2 is 1.88 bits per heavy atom. The molecule has 0 spiro atoms. The average Bonchev–Trinajstić information content (AvgIpc) is 2.95. The number of nitrogens with zero attached hydrogens (tertiary/aromatic N) is 3. The zero-order chi connectivity index (χ0) is 28.9. The van der Waals surface area contributed by atoms with Crippen LogP contribution in [0.4, 0.5) is 20.4 Å². The summed E-state index contributed by atoms with van der Waals surface area (Å²) in [4.78, 5) is 25.5. The highest BCUT2D eigenvalue weighted by molar-refractivity contribution is 5.72. The molecule has 9 nitrogen and oxygen atoms in total. The standard InChI is InChI=1S/C29H34F2N4O5/c1-17-11-23(34-26(12-17)35-25-13-19(27(30)31)9-10-32-25)20-5-8-24(33-14-20)29(2,39)21-6-3-18(4-7-21)28(38)40-16-22(37)15-36/h5,8-14,18,21-22,27,36-37,39H,3-4,6-7,15-16H2,1-2H3,(H,32,34,35)/t18-,21-,22-,29+/m0/s1. The molecule has 1 fully saturated rings. The van der Waals surface area contributed by atoms with Crippen molar-refractivity contribution < 1.29 is 33.6 Å². The van der Waals surface area contributed by atoms with E-state index in [1.165, 1.54) is 18.3 Å². The predicted octanol–water partition coefficient (Wildman–Crippen LogP) is 4.44. The van der Waals surface area contributed by atoms with E-state index in [1.54, 1.807) is 25.3 Å². The number of anilines is 2. The first-order chi connectivity index (χ1) is 19.1. The van der Waals surface area contributed by atoms with Gasteiger partial charge in [0.15, 0.2) is 0 Å². The molecule has 3 aromatic heterocycles. The largest absolute Gasteiger partial charge is 0.463 e. The molecule has 0 saturated heterocycles. The van der Waals surface area contributed by atoms with Crippen molar-refractivity contribution in [1.82, 2.24) is 15.0 Å². The van der Waals surface area contributed by atoms with E-state index in [2.05, 4.69) is 20.3 Å². The van der Waals surface area contributed by atoms with Crippen molar-refractivity contribution in [1.29, 1.82) is 0 Å². The first-order valence-electron chi connectivity index (χ1n) is 13.2. The molecule has 4 N–H and O–H groups in total. The maximum Gasteiger partial charge on any atom is 0.309 e. The lowest BCUT2D eigenvalue weighted by atomic mass is 9.73. The summed E-state index contributed by atoms with van der Waals surface area (Å²) in [7, 11) is 0. The number of aliphatic hydroxyl groups is 3. The van der Waals surface area contributed by atoms with Crippen molar-refractivity contribution in [3.05, 3.63) is 65.6 Å². The number of carbonyl (C=O) groups excluding carboxylic acids is 1. The monoisotopic (exact) mass is 556 g/mol. The average molecular weight is 557 g/mol. The van der Waals surface area contributed by atoms with E-state index in [1.807, 2.05) is 19.1 Å². The van der Waals surface area contributed by atoms with Gasteiger partial charge in [0.25, 0.3) is 6.43 Å². The Labute approximate surface area is 231 Å². The minimum atomic E-state index is -2.60. The molecule has 0 bridgehead atoms. The van der Waals surface area contributed by atoms with Crippen LogP contribution in [-0.2, 0) is 15.1 Å². The third-order valence-corrected chi connectivity index (χ3v) is 7.32. The molecule has 0 unspecified atom stereocenters. The molecule has 3 heterocycles. The Morgan fingerprint density at radius 3 is 2.52 bits per heavy atom. The maximum atomic E-state index is 13.1. The van der Waals surface area contributed by atoms with Crippen LogP contribution in [0.1, 0.15) is 55.9 Å². The second-order valence-electron chi connectivity index (χ2n) is 10.4. The van der Waals surface area contributed by atoms with Gasteiger partial charge in [-0.05, 0) is 87.4 Å². The van der Waals surface area contributed by atoms with E-state index in [0.29, 0.717) is 42.9 Å². The van der Waals surface area contributed by atoms with Crippen LogP contribution < -0.4 is 5.32 Å². The second kappa shape index (κ2) is 12.8. The van der Waals surface area contributed by atoms with Gasteiger partial charge in [0.1, 0.15) is 29.9 Å². The summed E-state index contributed by atoms with van der Waals surface area (Å²) in [6.45, 7) is 2.91. The molecular formula is C29H34F2N4O5. The van der Waals surface area contributed by atoms with E-state index >= 15 is 0 Å². The Balaban J connectivity index is 1.42. The van der Waals surface area contributed by atoms with Crippen LogP contribution in [0.25, 0.3) is 11.3 Å². The summed E-state index contributed by atoms with van der Waals surface area (Å²) in [6, 6.07) is 9.80. The number of hydrogen-bond donors (Lipinski definition) is 4. The number of aliphatic hydroxyl groups excluding tert-OH is 2. The molecule has 1 aliphatic rings. The molecule has 0 aromatic carbocycles. The molecule has 2 atom stereocenters. The molecule has 0 radical (unpaired) electrons. The molecule has 0 amide bonds. The van der Waals surface area contributed by atoms with E-state index < -0.39 is 30.7 Å². The van der Waals surface area contributed by atoms with Crippen molar-refractivity contribution in [2.75, 3.05) is 18.5 Å². The van der Waals surface area contributed by atoms with Gasteiger partial charge < -0.3 is 25.4 Å². The minimum absolute atomic E-state index is 0.109. The smallest absolute Gasteiger partial charge is 0.309 e. The number of ether oxygens (including phenoxy) is 1. The Kier molecular flexibility index (Phi) is 9.39. The van der Waals surface area contributed by atoms with E-state index in [4.69, 9.17) is 9.84 Å². The molecule has 1 aliphatic carbocycles. The highest BCUT2D eigenvalue weighted by Crippen LogP contribution is 2.41. The fourth-order valence-electron chi connectivity index (χ4n) is 4.96. The van der Waals surface area contributed by atoms with Gasteiger partial charge in [0, 0.05) is 23.5 Å². The molecule has 0 aliphatic heterocycles. The third-order valence-electron chi connectivity index (χ3n) is 7.32. The first kappa shape index (κ1) is 29.4. The minimum Gasteiger partial charge on any atom is -0.463 e. The summed E-state index contributed by atoms with van der Waals surface area (Å²) < 4.78 is 31.2. The van der Waals surface area contributed by atoms with Gasteiger partial charge in [-0.25, -0.2) is 18.7 Å². The predicted molar refractivity (Wildman–Crippen MR) is 144 cm³/mol. The number of hydrogen-bond acceptors (Lipinski definition) is 9. The number of halogens is 2. The summed E-state index contributed by atoms with van der Waals surface area (Å²) in [5, 5.41) is 32.6. The number of rotatable bonds is 10. The number of pyridine rings is 3. The van der Waals surface area contributed by atoms with Crippen molar-refractivity contribution in [2.45, 2.75) is 57.7 Å². The quantitative estimate of drug-likeness (QED) is 0.267. The van der Waals surface area contributed by atoms with Crippen LogP contribution in [-0.4, -0.2) is 55.6 Å². The number of nitrogens with one attached hydrogen (secondary N) is 1. The van der Waals surface area contributed by atoms with Gasteiger partial charge in [0.05, 0.1) is 23.9 Å². The van der Waals surface area contributed by atoms with Gasteiger partial charge in [-0.3, -0.25) is 9.78 Å². The van der Waals surface area contributed by atoms with Crippen LogP contribution in [0, 0.1) is 18.8 Å². The zero-order valence-electron chi connectivity index (χ0n) is 22.4. The van der Waals surface area contributed by atoms with Gasteiger partial charge in [0.2, 0.25) is 0 Å². The number of esters is 1. The van der Waals surface area contributed by atoms with Crippen molar-refractivity contribution in [3.8, 4) is 11.3 Å². The van der Waals surface area contributed by atoms with Gasteiger partial charge >= 0.3 is 5.97 Å².